The Labute approximate surface area is 222 Å². The number of piperazine rings is 1. The highest BCUT2D eigenvalue weighted by atomic mass is 19.4. The number of aromatic amines is 1. The van der Waals surface area contributed by atoms with E-state index >= 15 is 0 Å². The molecule has 0 spiro atoms. The molecule has 0 saturated carbocycles. The molecule has 3 aliphatic rings. The van der Waals surface area contributed by atoms with E-state index in [1.54, 1.807) is 19.1 Å². The number of alkyl halides is 3. The Bertz CT molecular complexity index is 1340. The third-order valence-corrected chi connectivity index (χ3v) is 7.26. The van der Waals surface area contributed by atoms with Crippen molar-refractivity contribution in [1.82, 2.24) is 24.8 Å². The minimum atomic E-state index is -4.56. The van der Waals surface area contributed by atoms with Gasteiger partial charge in [0.1, 0.15) is 30.9 Å². The molecular formula is C25H30F3N7O4. The van der Waals surface area contributed by atoms with Gasteiger partial charge in [0.2, 0.25) is 5.95 Å². The quantitative estimate of drug-likeness (QED) is 0.350. The highest BCUT2D eigenvalue weighted by Gasteiger charge is 2.36. The number of aliphatic hydroxyl groups excluding tert-OH is 1. The van der Waals surface area contributed by atoms with Gasteiger partial charge in [-0.1, -0.05) is 0 Å². The number of fused-ring (bicyclic) bond motifs is 2. The van der Waals surface area contributed by atoms with E-state index in [1.807, 2.05) is 4.90 Å². The van der Waals surface area contributed by atoms with Crippen molar-refractivity contribution in [3.05, 3.63) is 29.5 Å². The molecule has 11 nitrogen and oxygen atoms in total. The van der Waals surface area contributed by atoms with Gasteiger partial charge in [0, 0.05) is 44.5 Å². The van der Waals surface area contributed by atoms with Crippen LogP contribution in [0.1, 0.15) is 24.3 Å². The summed E-state index contributed by atoms with van der Waals surface area (Å²) < 4.78 is 57.8. The van der Waals surface area contributed by atoms with E-state index in [0.717, 1.165) is 32.5 Å². The predicted molar refractivity (Wildman–Crippen MR) is 136 cm³/mol. The summed E-state index contributed by atoms with van der Waals surface area (Å²) in [4.78, 5) is 15.6. The van der Waals surface area contributed by atoms with Gasteiger partial charge in [-0.05, 0) is 19.1 Å². The Morgan fingerprint density at radius 3 is 2.51 bits per heavy atom. The van der Waals surface area contributed by atoms with Gasteiger partial charge in [0.25, 0.3) is 0 Å². The van der Waals surface area contributed by atoms with E-state index in [2.05, 4.69) is 30.5 Å². The molecule has 1 unspecified atom stereocenters. The number of aromatic nitrogens is 3. The van der Waals surface area contributed by atoms with Gasteiger partial charge in [0.05, 0.1) is 35.9 Å². The van der Waals surface area contributed by atoms with Crippen LogP contribution < -0.4 is 20.1 Å². The maximum Gasteiger partial charge on any atom is 0.418 e. The fourth-order valence-electron chi connectivity index (χ4n) is 5.17. The number of benzene rings is 1. The van der Waals surface area contributed by atoms with Gasteiger partial charge in [0.15, 0.2) is 11.5 Å². The zero-order valence-electron chi connectivity index (χ0n) is 21.3. The van der Waals surface area contributed by atoms with E-state index in [4.69, 9.17) is 14.2 Å². The number of H-pyrrole nitrogens is 1. The molecule has 210 valence electrons. The van der Waals surface area contributed by atoms with Crippen LogP contribution in [0.25, 0.3) is 11.0 Å². The number of ether oxygens (including phenoxy) is 3. The maximum absolute atomic E-state index is 13.5. The van der Waals surface area contributed by atoms with Crippen molar-refractivity contribution >= 4 is 28.5 Å². The third kappa shape index (κ3) is 4.93. The van der Waals surface area contributed by atoms with Crippen LogP contribution in [0.15, 0.2) is 18.3 Å². The van der Waals surface area contributed by atoms with Gasteiger partial charge in [-0.3, -0.25) is 9.80 Å². The molecule has 1 atom stereocenters. The van der Waals surface area contributed by atoms with Gasteiger partial charge < -0.3 is 34.9 Å². The van der Waals surface area contributed by atoms with Crippen LogP contribution in [0.2, 0.25) is 0 Å². The van der Waals surface area contributed by atoms with Crippen molar-refractivity contribution in [3.63, 3.8) is 0 Å². The second kappa shape index (κ2) is 10.3. The molecule has 0 aliphatic carbocycles. The molecule has 0 amide bonds. The topological polar surface area (TPSA) is 120 Å². The highest BCUT2D eigenvalue weighted by Crippen LogP contribution is 2.45. The minimum absolute atomic E-state index is 0.0430. The summed E-state index contributed by atoms with van der Waals surface area (Å²) in [6.45, 7) is 7.36. The summed E-state index contributed by atoms with van der Waals surface area (Å²) >= 11 is 0. The Balaban J connectivity index is 1.27. The number of halogens is 3. The summed E-state index contributed by atoms with van der Waals surface area (Å²) in [5.74, 6) is 0.944. The Hall–Kier alpha value is -3.33. The lowest BCUT2D eigenvalue weighted by atomic mass is 10.1. The summed E-state index contributed by atoms with van der Waals surface area (Å²) in [6, 6.07) is 3.94. The van der Waals surface area contributed by atoms with Crippen LogP contribution >= 0.6 is 0 Å². The van der Waals surface area contributed by atoms with Crippen LogP contribution in [-0.4, -0.2) is 95.1 Å². The molecule has 4 N–H and O–H groups in total. The summed E-state index contributed by atoms with van der Waals surface area (Å²) in [6.07, 6.45) is -4.56. The van der Waals surface area contributed by atoms with Crippen molar-refractivity contribution < 1.29 is 32.5 Å². The van der Waals surface area contributed by atoms with Gasteiger partial charge in [-0.15, -0.1) is 0 Å². The van der Waals surface area contributed by atoms with Gasteiger partial charge in [-0.2, -0.15) is 23.1 Å². The number of hydrogen-bond donors (Lipinski definition) is 4. The van der Waals surface area contributed by atoms with E-state index in [-0.39, 0.29) is 22.8 Å². The first-order chi connectivity index (χ1) is 18.8. The standard InChI is InChI=1S/C25H30F3N7O4/c1-2-29-21-18-16(25(26,27)28)11-30-22(18)33-24(32-21)31-17-4-3-15(19-20(17)39-10-9-38-19)23(36)35-7-5-34(6-8-35)14-12-37-13-14/h3-4,11,14,23,36H,2,5-10,12-13H2,1H3,(H3,29,30,31,32,33). The van der Waals surface area contributed by atoms with Crippen molar-refractivity contribution in [2.24, 2.45) is 0 Å². The zero-order chi connectivity index (χ0) is 27.1. The van der Waals surface area contributed by atoms with E-state index < -0.39 is 18.0 Å². The van der Waals surface area contributed by atoms with Crippen LogP contribution in [0, 0.1) is 0 Å². The molecule has 0 radical (unpaired) electrons. The lowest BCUT2D eigenvalue weighted by molar-refractivity contribution is -0.136. The normalized spacial score (nSPS) is 19.6. The molecule has 3 aromatic rings. The first kappa shape index (κ1) is 25.9. The minimum Gasteiger partial charge on any atom is -0.486 e. The molecule has 3 aliphatic heterocycles. The number of hydrogen-bond acceptors (Lipinski definition) is 10. The Morgan fingerprint density at radius 1 is 1.10 bits per heavy atom. The maximum atomic E-state index is 13.5. The van der Waals surface area contributed by atoms with Gasteiger partial charge in [-0.25, -0.2) is 0 Å². The molecular weight excluding hydrogens is 519 g/mol. The van der Waals surface area contributed by atoms with Crippen LogP contribution in [0.3, 0.4) is 0 Å². The van der Waals surface area contributed by atoms with Crippen LogP contribution in [0.5, 0.6) is 11.5 Å². The number of rotatable bonds is 7. The molecule has 6 rings (SSSR count). The smallest absolute Gasteiger partial charge is 0.418 e. The Kier molecular flexibility index (Phi) is 6.87. The average molecular weight is 550 g/mol. The number of nitrogens with one attached hydrogen (secondary N) is 3. The average Bonchev–Trinajstić information content (AvgIpc) is 3.33. The van der Waals surface area contributed by atoms with E-state index in [0.29, 0.717) is 61.6 Å². The van der Waals surface area contributed by atoms with Crippen LogP contribution in [-0.2, 0) is 10.9 Å². The first-order valence-corrected chi connectivity index (χ1v) is 13.0. The second-order valence-corrected chi connectivity index (χ2v) is 9.67. The predicted octanol–water partition coefficient (Wildman–Crippen LogP) is 2.93. The van der Waals surface area contributed by atoms with E-state index in [9.17, 15) is 18.3 Å². The number of aliphatic hydroxyl groups is 1. The molecule has 2 fully saturated rings. The zero-order valence-corrected chi connectivity index (χ0v) is 21.3. The molecule has 39 heavy (non-hydrogen) atoms. The van der Waals surface area contributed by atoms with Crippen molar-refractivity contribution in [2.75, 3.05) is 69.8 Å². The fraction of sp³-hybridized carbons (Fsp3) is 0.520. The third-order valence-electron chi connectivity index (χ3n) is 7.26. The molecule has 5 heterocycles. The monoisotopic (exact) mass is 549 g/mol. The SMILES string of the molecule is CCNc1nc(Nc2ccc(C(O)N3CCN(C4COC4)CC3)c3c2OCCO3)nc2[nH]cc(C(F)(F)F)c12. The van der Waals surface area contributed by atoms with Gasteiger partial charge >= 0.3 is 6.18 Å². The lowest BCUT2D eigenvalue weighted by Gasteiger charge is -2.43. The Morgan fingerprint density at radius 2 is 1.85 bits per heavy atom. The van der Waals surface area contributed by atoms with Crippen LogP contribution in [0.4, 0.5) is 30.6 Å². The summed E-state index contributed by atoms with van der Waals surface area (Å²) in [7, 11) is 0. The fourth-order valence-corrected chi connectivity index (χ4v) is 5.17. The van der Waals surface area contributed by atoms with Crippen molar-refractivity contribution in [2.45, 2.75) is 25.4 Å². The molecule has 14 heteroatoms. The van der Waals surface area contributed by atoms with Crippen molar-refractivity contribution in [3.8, 4) is 11.5 Å². The highest BCUT2D eigenvalue weighted by molar-refractivity contribution is 5.92. The summed E-state index contributed by atoms with van der Waals surface area (Å²) in [5.41, 5.74) is 0.259. The summed E-state index contributed by atoms with van der Waals surface area (Å²) in [5, 5.41) is 17.1. The molecule has 2 aromatic heterocycles. The number of nitrogens with zero attached hydrogens (tertiary/aromatic N) is 4. The van der Waals surface area contributed by atoms with Crippen molar-refractivity contribution in [1.29, 1.82) is 0 Å². The molecule has 0 bridgehead atoms. The largest absolute Gasteiger partial charge is 0.486 e. The first-order valence-electron chi connectivity index (χ1n) is 13.0. The number of anilines is 3. The molecule has 2 saturated heterocycles. The van der Waals surface area contributed by atoms with E-state index in [1.165, 1.54) is 0 Å². The molecule has 1 aromatic carbocycles. The second-order valence-electron chi connectivity index (χ2n) is 9.67. The lowest BCUT2D eigenvalue weighted by Crippen LogP contribution is -2.57.